The van der Waals surface area contributed by atoms with E-state index in [0.29, 0.717) is 12.8 Å². The summed E-state index contributed by atoms with van der Waals surface area (Å²) in [7, 11) is 0. The van der Waals surface area contributed by atoms with E-state index >= 15 is 0 Å². The number of rotatable bonds is 3. The molecule has 0 saturated carbocycles. The lowest BCUT2D eigenvalue weighted by molar-refractivity contribution is -0.136. The van der Waals surface area contributed by atoms with Crippen LogP contribution in [0.1, 0.15) is 17.5 Å². The lowest BCUT2D eigenvalue weighted by Gasteiger charge is -2.06. The summed E-state index contributed by atoms with van der Waals surface area (Å²) in [6.07, 6.45) is 0.946. The molecule has 1 aliphatic rings. The number of anilines is 1. The van der Waals surface area contributed by atoms with Gasteiger partial charge in [-0.2, -0.15) is 0 Å². The molecule has 2 rings (SSSR count). The van der Waals surface area contributed by atoms with Gasteiger partial charge in [-0.1, -0.05) is 18.2 Å². The van der Waals surface area contributed by atoms with E-state index in [9.17, 15) is 9.59 Å². The molecule has 1 aromatic carbocycles. The SMILES string of the molecule is O=C(O)CCc1cccc2c1NC(=O)C2. The number of fused-ring (bicyclic) bond motifs is 1. The number of aryl methyl sites for hydroxylation is 1. The molecule has 2 N–H and O–H groups in total. The van der Waals surface area contributed by atoms with Crippen molar-refractivity contribution in [2.45, 2.75) is 19.3 Å². The minimum atomic E-state index is -0.822. The average Bonchev–Trinajstić information content (AvgIpc) is 2.55. The molecule has 0 aromatic heterocycles. The molecule has 0 spiro atoms. The van der Waals surface area contributed by atoms with Gasteiger partial charge in [0.1, 0.15) is 0 Å². The van der Waals surface area contributed by atoms with E-state index in [1.165, 1.54) is 0 Å². The number of hydrogen-bond donors (Lipinski definition) is 2. The largest absolute Gasteiger partial charge is 0.481 e. The van der Waals surface area contributed by atoms with Crippen LogP contribution in [0.3, 0.4) is 0 Å². The zero-order valence-electron chi connectivity index (χ0n) is 8.12. The van der Waals surface area contributed by atoms with Gasteiger partial charge in [-0.05, 0) is 17.5 Å². The Kier molecular flexibility index (Phi) is 2.41. The van der Waals surface area contributed by atoms with Gasteiger partial charge < -0.3 is 10.4 Å². The van der Waals surface area contributed by atoms with E-state index < -0.39 is 5.97 Å². The normalized spacial score (nSPS) is 13.5. The summed E-state index contributed by atoms with van der Waals surface area (Å²) in [5.74, 6) is -0.843. The van der Waals surface area contributed by atoms with Crippen molar-refractivity contribution in [3.63, 3.8) is 0 Å². The molecule has 4 nitrogen and oxygen atoms in total. The highest BCUT2D eigenvalue weighted by Crippen LogP contribution is 2.27. The van der Waals surface area contributed by atoms with E-state index in [1.807, 2.05) is 18.2 Å². The first-order valence-corrected chi connectivity index (χ1v) is 4.79. The van der Waals surface area contributed by atoms with Crippen LogP contribution in [-0.4, -0.2) is 17.0 Å². The highest BCUT2D eigenvalue weighted by atomic mass is 16.4. The third kappa shape index (κ3) is 1.98. The summed E-state index contributed by atoms with van der Waals surface area (Å²) in [4.78, 5) is 21.6. The maximum atomic E-state index is 11.2. The fourth-order valence-electron chi connectivity index (χ4n) is 1.77. The summed E-state index contributed by atoms with van der Waals surface area (Å²) in [6.45, 7) is 0. The lowest BCUT2D eigenvalue weighted by Crippen LogP contribution is -2.05. The van der Waals surface area contributed by atoms with Crippen LogP contribution in [0, 0.1) is 0 Å². The van der Waals surface area contributed by atoms with Crippen molar-refractivity contribution in [3.05, 3.63) is 29.3 Å². The predicted octanol–water partition coefficient (Wildman–Crippen LogP) is 1.20. The highest BCUT2D eigenvalue weighted by molar-refractivity contribution is 6.00. The van der Waals surface area contributed by atoms with Crippen LogP contribution in [0.5, 0.6) is 0 Å². The van der Waals surface area contributed by atoms with Crippen LogP contribution < -0.4 is 5.32 Å². The van der Waals surface area contributed by atoms with Gasteiger partial charge in [-0.3, -0.25) is 9.59 Å². The topological polar surface area (TPSA) is 66.4 Å². The van der Waals surface area contributed by atoms with Crippen molar-refractivity contribution < 1.29 is 14.7 Å². The molecule has 1 amide bonds. The van der Waals surface area contributed by atoms with Gasteiger partial charge in [0.15, 0.2) is 0 Å². The lowest BCUT2D eigenvalue weighted by atomic mass is 10.0. The minimum Gasteiger partial charge on any atom is -0.481 e. The highest BCUT2D eigenvalue weighted by Gasteiger charge is 2.19. The molecule has 4 heteroatoms. The van der Waals surface area contributed by atoms with Gasteiger partial charge in [-0.15, -0.1) is 0 Å². The molecule has 1 aliphatic heterocycles. The number of para-hydroxylation sites is 1. The predicted molar refractivity (Wildman–Crippen MR) is 54.7 cm³/mol. The van der Waals surface area contributed by atoms with E-state index in [1.54, 1.807) is 0 Å². The molecule has 78 valence electrons. The second-order valence-electron chi connectivity index (χ2n) is 3.57. The zero-order chi connectivity index (χ0) is 10.8. The molecule has 0 fully saturated rings. The van der Waals surface area contributed by atoms with Crippen LogP contribution in [0.2, 0.25) is 0 Å². The van der Waals surface area contributed by atoms with Crippen LogP contribution in [0.4, 0.5) is 5.69 Å². The summed E-state index contributed by atoms with van der Waals surface area (Å²) >= 11 is 0. The quantitative estimate of drug-likeness (QED) is 0.779. The van der Waals surface area contributed by atoms with Crippen molar-refractivity contribution in [3.8, 4) is 0 Å². The summed E-state index contributed by atoms with van der Waals surface area (Å²) in [6, 6.07) is 5.60. The Labute approximate surface area is 86.9 Å². The van der Waals surface area contributed by atoms with Gasteiger partial charge in [0.2, 0.25) is 5.91 Å². The van der Waals surface area contributed by atoms with E-state index in [2.05, 4.69) is 5.32 Å². The van der Waals surface area contributed by atoms with Gasteiger partial charge in [-0.25, -0.2) is 0 Å². The number of hydrogen-bond acceptors (Lipinski definition) is 2. The molecule has 1 aromatic rings. The standard InChI is InChI=1S/C11H11NO3/c13-9-6-8-3-1-2-7(11(8)12-9)4-5-10(14)15/h1-3H,4-6H2,(H,12,13)(H,14,15). The Morgan fingerprint density at radius 2 is 2.27 bits per heavy atom. The Morgan fingerprint density at radius 1 is 1.47 bits per heavy atom. The second kappa shape index (κ2) is 3.73. The maximum absolute atomic E-state index is 11.2. The zero-order valence-corrected chi connectivity index (χ0v) is 8.12. The summed E-state index contributed by atoms with van der Waals surface area (Å²) in [5, 5.41) is 11.3. The maximum Gasteiger partial charge on any atom is 0.303 e. The third-order valence-electron chi connectivity index (χ3n) is 2.46. The summed E-state index contributed by atoms with van der Waals surface area (Å²) in [5.41, 5.74) is 2.67. The van der Waals surface area contributed by atoms with Gasteiger partial charge in [0, 0.05) is 12.1 Å². The van der Waals surface area contributed by atoms with Gasteiger partial charge in [0.25, 0.3) is 0 Å². The Hall–Kier alpha value is -1.84. The van der Waals surface area contributed by atoms with Gasteiger partial charge >= 0.3 is 5.97 Å². The second-order valence-corrected chi connectivity index (χ2v) is 3.57. The number of nitrogens with one attached hydrogen (secondary N) is 1. The van der Waals surface area contributed by atoms with E-state index in [-0.39, 0.29) is 12.3 Å². The number of carboxylic acids is 1. The Bertz CT molecular complexity index is 426. The number of carbonyl (C=O) groups is 2. The molecule has 0 bridgehead atoms. The van der Waals surface area contributed by atoms with Crippen molar-refractivity contribution in [2.75, 3.05) is 5.32 Å². The van der Waals surface area contributed by atoms with Crippen LogP contribution >= 0.6 is 0 Å². The Morgan fingerprint density at radius 3 is 3.00 bits per heavy atom. The fraction of sp³-hybridized carbons (Fsp3) is 0.273. The number of carboxylic acid groups (broad SMARTS) is 1. The molecule has 0 saturated heterocycles. The molecular weight excluding hydrogens is 194 g/mol. The first kappa shape index (κ1) is 9.71. The van der Waals surface area contributed by atoms with Crippen LogP contribution in [0.15, 0.2) is 18.2 Å². The number of carbonyl (C=O) groups excluding carboxylic acids is 1. The Balaban J connectivity index is 2.22. The van der Waals surface area contributed by atoms with E-state index in [0.717, 1.165) is 16.8 Å². The number of aliphatic carboxylic acids is 1. The number of benzene rings is 1. The van der Waals surface area contributed by atoms with Crippen LogP contribution in [-0.2, 0) is 22.4 Å². The van der Waals surface area contributed by atoms with E-state index in [4.69, 9.17) is 5.11 Å². The fourth-order valence-corrected chi connectivity index (χ4v) is 1.77. The number of amides is 1. The molecular formula is C11H11NO3. The van der Waals surface area contributed by atoms with Gasteiger partial charge in [0.05, 0.1) is 6.42 Å². The molecule has 15 heavy (non-hydrogen) atoms. The van der Waals surface area contributed by atoms with Crippen LogP contribution in [0.25, 0.3) is 0 Å². The first-order chi connectivity index (χ1) is 7.16. The molecule has 0 unspecified atom stereocenters. The van der Waals surface area contributed by atoms with Crippen molar-refractivity contribution in [1.29, 1.82) is 0 Å². The minimum absolute atomic E-state index is 0.0206. The third-order valence-corrected chi connectivity index (χ3v) is 2.46. The van der Waals surface area contributed by atoms with Crippen molar-refractivity contribution in [2.24, 2.45) is 0 Å². The molecule has 0 aliphatic carbocycles. The first-order valence-electron chi connectivity index (χ1n) is 4.79. The molecule has 0 radical (unpaired) electrons. The average molecular weight is 205 g/mol. The van der Waals surface area contributed by atoms with Crippen molar-refractivity contribution >= 4 is 17.6 Å². The smallest absolute Gasteiger partial charge is 0.303 e. The monoisotopic (exact) mass is 205 g/mol. The summed E-state index contributed by atoms with van der Waals surface area (Å²) < 4.78 is 0. The van der Waals surface area contributed by atoms with Crippen molar-refractivity contribution in [1.82, 2.24) is 0 Å². The molecule has 1 heterocycles. The molecule has 0 atom stereocenters.